The van der Waals surface area contributed by atoms with Crippen LogP contribution in [-0.2, 0) is 30.2 Å². The fourth-order valence-electron chi connectivity index (χ4n) is 3.43. The summed E-state index contributed by atoms with van der Waals surface area (Å²) in [4.78, 5) is 0. The third-order valence-corrected chi connectivity index (χ3v) is 4.99. The summed E-state index contributed by atoms with van der Waals surface area (Å²) in [5.74, 6) is 1.11. The maximum absolute atomic E-state index is 8.49. The van der Waals surface area contributed by atoms with Gasteiger partial charge in [0.05, 0.1) is 0 Å². The molecule has 0 amide bonds. The van der Waals surface area contributed by atoms with Crippen molar-refractivity contribution in [3.63, 3.8) is 0 Å². The fourth-order valence-corrected chi connectivity index (χ4v) is 3.43. The molecule has 4 rings (SSSR count). The second-order valence-electron chi connectivity index (χ2n) is 7.84. The van der Waals surface area contributed by atoms with Crippen molar-refractivity contribution in [1.29, 1.82) is 0 Å². The number of halogens is 2. The number of hydrogen-bond donors (Lipinski definition) is 4. The zero-order valence-corrected chi connectivity index (χ0v) is 23.4. The number of fused-ring (bicyclic) bond motifs is 6. The van der Waals surface area contributed by atoms with Gasteiger partial charge in [-0.15, -0.1) is 30.7 Å². The van der Waals surface area contributed by atoms with Crippen molar-refractivity contribution < 1.29 is 79.2 Å². The van der Waals surface area contributed by atoms with E-state index in [2.05, 4.69) is 43.6 Å². The van der Waals surface area contributed by atoms with Gasteiger partial charge >= 0.3 is 17.1 Å². The molecule has 2 heterocycles. The first-order valence-electron chi connectivity index (χ1n) is 11.5. The standard InChI is InChI=1S/C22H28N6O.2ClHO4.Cu/c1-3-7-19-17(5-1)15-25-13-11-23-9-10-24-12-14-26-16-18-6-2-4-8-20(18)22-28-27-21(19)29-22;2*2-1(3,4)5;/h1-8,23-26H,9-16H2;2*(H,2,3,4,5);/q;;;+2/p-2. The molecule has 0 unspecified atom stereocenters. The van der Waals surface area contributed by atoms with Crippen LogP contribution in [-0.4, -0.2) is 49.5 Å². The summed E-state index contributed by atoms with van der Waals surface area (Å²) in [6.45, 7) is 7.11. The van der Waals surface area contributed by atoms with Crippen molar-refractivity contribution >= 4 is 0 Å². The SMILES string of the molecule is [Cu+2].[O-][Cl+3]([O-])([O-])[O-].[O-][Cl+3]([O-])([O-])[O-].c1ccc2c(c1)CNCCNCCNCCNCc1ccccc1-c1nnc-2o1. The van der Waals surface area contributed by atoms with Gasteiger partial charge in [0.1, 0.15) is 0 Å². The molecular weight excluding hydrogens is 627 g/mol. The van der Waals surface area contributed by atoms with Crippen molar-refractivity contribution in [3.05, 3.63) is 59.7 Å². The number of nitrogens with zero attached hydrogens (tertiary/aromatic N) is 2. The number of benzene rings is 2. The summed E-state index contributed by atoms with van der Waals surface area (Å²) < 4.78 is 74.0. The summed E-state index contributed by atoms with van der Waals surface area (Å²) in [5.41, 5.74) is 4.25. The number of aromatic nitrogens is 2. The first-order valence-corrected chi connectivity index (χ1v) is 13.9. The molecule has 1 aromatic heterocycles. The van der Waals surface area contributed by atoms with Gasteiger partial charge in [0.2, 0.25) is 11.8 Å². The Hall–Kier alpha value is -1.80. The van der Waals surface area contributed by atoms with Crippen molar-refractivity contribution in [2.24, 2.45) is 0 Å². The van der Waals surface area contributed by atoms with Crippen LogP contribution in [0.1, 0.15) is 11.1 Å². The van der Waals surface area contributed by atoms with E-state index in [9.17, 15) is 0 Å². The number of nitrogens with one attached hydrogen (secondary N) is 4. The van der Waals surface area contributed by atoms with Gasteiger partial charge in [-0.1, -0.05) is 36.4 Å². The quantitative estimate of drug-likeness (QED) is 0.164. The van der Waals surface area contributed by atoms with Crippen LogP contribution in [0, 0.1) is 20.5 Å². The predicted molar refractivity (Wildman–Crippen MR) is 114 cm³/mol. The fraction of sp³-hybridized carbons (Fsp3) is 0.364. The van der Waals surface area contributed by atoms with Crippen LogP contribution in [0.4, 0.5) is 0 Å². The van der Waals surface area contributed by atoms with Crippen LogP contribution in [0.2, 0.25) is 0 Å². The van der Waals surface area contributed by atoms with Crippen molar-refractivity contribution in [3.8, 4) is 22.9 Å². The van der Waals surface area contributed by atoms with Crippen LogP contribution in [0.15, 0.2) is 52.9 Å². The average molecular weight is 655 g/mol. The number of rotatable bonds is 0. The van der Waals surface area contributed by atoms with Gasteiger partial charge in [-0.25, -0.2) is 37.3 Å². The summed E-state index contributed by atoms with van der Waals surface area (Å²) in [6, 6.07) is 16.4. The zero-order chi connectivity index (χ0) is 28.7. The van der Waals surface area contributed by atoms with E-state index in [1.807, 2.05) is 36.4 Å². The molecule has 0 saturated carbocycles. The largest absolute Gasteiger partial charge is 2.00 e. The predicted octanol–water partition coefficient (Wildman–Crippen LogP) is -7.74. The minimum Gasteiger partial charge on any atom is -0.416 e. The van der Waals surface area contributed by atoms with Crippen LogP contribution in [0.25, 0.3) is 22.9 Å². The third-order valence-electron chi connectivity index (χ3n) is 4.99. The molecular formula is C22H28Cl2CuN6O9. The zero-order valence-electron chi connectivity index (χ0n) is 20.9. The Balaban J connectivity index is 0.000000628. The molecule has 225 valence electrons. The van der Waals surface area contributed by atoms with Crippen LogP contribution in [0.5, 0.6) is 0 Å². The Bertz CT molecular complexity index is 1020. The van der Waals surface area contributed by atoms with E-state index in [1.54, 1.807) is 0 Å². The maximum Gasteiger partial charge on any atom is 2.00 e. The van der Waals surface area contributed by atoms with Crippen molar-refractivity contribution in [2.75, 3.05) is 39.3 Å². The number of hydrogen-bond acceptors (Lipinski definition) is 15. The van der Waals surface area contributed by atoms with Gasteiger partial charge in [-0.3, -0.25) is 0 Å². The Kier molecular flexibility index (Phi) is 16.8. The molecule has 1 radical (unpaired) electrons. The van der Waals surface area contributed by atoms with E-state index in [0.29, 0.717) is 11.8 Å². The first kappa shape index (κ1) is 36.2. The van der Waals surface area contributed by atoms with Crippen LogP contribution < -0.4 is 58.5 Å². The Morgan fingerprint density at radius 2 is 0.825 bits per heavy atom. The monoisotopic (exact) mass is 653 g/mol. The van der Waals surface area contributed by atoms with E-state index in [-0.39, 0.29) is 17.1 Å². The van der Waals surface area contributed by atoms with Gasteiger partial charge in [0, 0.05) is 63.5 Å². The average Bonchev–Trinajstić information content (AvgIpc) is 3.32. The molecule has 40 heavy (non-hydrogen) atoms. The molecule has 3 aromatic rings. The maximum atomic E-state index is 8.49. The van der Waals surface area contributed by atoms with E-state index in [1.165, 1.54) is 0 Å². The minimum absolute atomic E-state index is 0. The van der Waals surface area contributed by atoms with Gasteiger partial charge in [-0.05, 0) is 23.3 Å². The Morgan fingerprint density at radius 3 is 1.18 bits per heavy atom. The molecule has 15 nitrogen and oxygen atoms in total. The van der Waals surface area contributed by atoms with E-state index >= 15 is 0 Å². The second kappa shape index (κ2) is 18.6. The first-order chi connectivity index (χ1) is 18.4. The van der Waals surface area contributed by atoms with Crippen molar-refractivity contribution in [1.82, 2.24) is 31.5 Å². The van der Waals surface area contributed by atoms with Gasteiger partial charge in [0.15, 0.2) is 0 Å². The molecule has 0 aliphatic carbocycles. The van der Waals surface area contributed by atoms with Crippen LogP contribution >= 0.6 is 0 Å². The summed E-state index contributed by atoms with van der Waals surface area (Å²) in [7, 11) is -9.89. The molecule has 2 aromatic carbocycles. The Morgan fingerprint density at radius 1 is 0.525 bits per heavy atom. The molecule has 0 saturated heterocycles. The van der Waals surface area contributed by atoms with E-state index in [4.69, 9.17) is 41.7 Å². The molecule has 0 fully saturated rings. The molecule has 0 atom stereocenters. The topological polar surface area (TPSA) is 272 Å². The normalized spacial score (nSPS) is 15.1. The van der Waals surface area contributed by atoms with Gasteiger partial charge in [-0.2, -0.15) is 0 Å². The molecule has 2 bridgehead atoms. The Labute approximate surface area is 245 Å². The third kappa shape index (κ3) is 16.5. The van der Waals surface area contributed by atoms with E-state index in [0.717, 1.165) is 74.6 Å². The van der Waals surface area contributed by atoms with Crippen LogP contribution in [0.3, 0.4) is 0 Å². The smallest absolute Gasteiger partial charge is 0.416 e. The van der Waals surface area contributed by atoms with E-state index < -0.39 is 20.5 Å². The molecule has 1 aliphatic rings. The summed E-state index contributed by atoms with van der Waals surface area (Å²) in [6.07, 6.45) is 0. The minimum atomic E-state index is -4.94. The second-order valence-corrected chi connectivity index (χ2v) is 9.35. The summed E-state index contributed by atoms with van der Waals surface area (Å²) in [5, 5.41) is 22.6. The molecule has 18 heteroatoms. The summed E-state index contributed by atoms with van der Waals surface area (Å²) >= 11 is 0. The van der Waals surface area contributed by atoms with Crippen molar-refractivity contribution in [2.45, 2.75) is 13.1 Å². The molecule has 4 N–H and O–H groups in total. The molecule has 0 spiro atoms. The van der Waals surface area contributed by atoms with Gasteiger partial charge in [0.25, 0.3) is 0 Å². The van der Waals surface area contributed by atoms with Gasteiger partial charge < -0.3 is 25.7 Å². The molecule has 1 aliphatic heterocycles.